The smallest absolute Gasteiger partial charge is 0.450 e. The van der Waals surface area contributed by atoms with Gasteiger partial charge >= 0.3 is 17.1 Å². The first-order chi connectivity index (χ1) is 7.03. The highest BCUT2D eigenvalue weighted by Gasteiger charge is 2.23. The summed E-state index contributed by atoms with van der Waals surface area (Å²) in [4.78, 5) is 0. The molecule has 7 heteroatoms. The summed E-state index contributed by atoms with van der Waals surface area (Å²) in [6, 6.07) is 0. The van der Waals surface area contributed by atoms with Crippen LogP contribution in [-0.4, -0.2) is 45.8 Å². The van der Waals surface area contributed by atoms with Crippen LogP contribution in [0.1, 0.15) is 20.8 Å². The van der Waals surface area contributed by atoms with Crippen molar-refractivity contribution in [3.63, 3.8) is 0 Å². The molecule has 6 nitrogen and oxygen atoms in total. The van der Waals surface area contributed by atoms with Crippen LogP contribution >= 0.6 is 0 Å². The van der Waals surface area contributed by atoms with Gasteiger partial charge in [0, 0.05) is 5.10 Å². The van der Waals surface area contributed by atoms with Crippen LogP contribution in [0.2, 0.25) is 0 Å². The normalized spacial score (nSPS) is 13.0. The fourth-order valence-electron chi connectivity index (χ4n) is 1.22. The van der Waals surface area contributed by atoms with Gasteiger partial charge in [0.25, 0.3) is 0 Å². The molecule has 0 saturated heterocycles. The van der Waals surface area contributed by atoms with Gasteiger partial charge in [0.1, 0.15) is 19.6 Å². The first kappa shape index (κ1) is 14.2. The van der Waals surface area contributed by atoms with Crippen LogP contribution in [0.4, 0.5) is 0 Å². The molecule has 0 bridgehead atoms. The number of nitrogens with zero attached hydrogens (tertiary/aromatic N) is 2. The van der Waals surface area contributed by atoms with Crippen LogP contribution in [0.25, 0.3) is 0 Å². The van der Waals surface area contributed by atoms with Gasteiger partial charge in [-0.1, -0.05) is 0 Å². The predicted octanol–water partition coefficient (Wildman–Crippen LogP) is 0.323. The van der Waals surface area contributed by atoms with Crippen molar-refractivity contribution in [1.82, 2.24) is 0 Å². The minimum Gasteiger partial charge on any atom is -0.450 e. The van der Waals surface area contributed by atoms with Gasteiger partial charge < -0.3 is 8.92 Å². The third-order valence-electron chi connectivity index (χ3n) is 2.39. The molecule has 0 aliphatic rings. The molecule has 0 radical (unpaired) electrons. The van der Waals surface area contributed by atoms with Gasteiger partial charge in [-0.3, -0.25) is 0 Å². The van der Waals surface area contributed by atoms with E-state index in [-0.39, 0.29) is 6.08 Å². The maximum atomic E-state index is 10.4. The van der Waals surface area contributed by atoms with E-state index >= 15 is 0 Å². The van der Waals surface area contributed by atoms with Gasteiger partial charge in [0.2, 0.25) is 0 Å². The Morgan fingerprint density at radius 1 is 1.20 bits per heavy atom. The van der Waals surface area contributed by atoms with E-state index in [9.17, 15) is 8.42 Å². The molecule has 90 valence electrons. The summed E-state index contributed by atoms with van der Waals surface area (Å²) in [5.74, 6) is 0. The molecule has 0 fully saturated rings. The number of hydrogen-bond acceptors (Lipinski definition) is 5. The van der Waals surface area contributed by atoms with Crippen LogP contribution in [0.3, 0.4) is 0 Å². The summed E-state index contributed by atoms with van der Waals surface area (Å²) in [6.07, 6.45) is -0.211. The zero-order valence-corrected chi connectivity index (χ0v) is 10.5. The van der Waals surface area contributed by atoms with Gasteiger partial charge in [0.05, 0.1) is 7.11 Å². The second kappa shape index (κ2) is 6.62. The lowest BCUT2D eigenvalue weighted by atomic mass is 10.4. The lowest BCUT2D eigenvalue weighted by Crippen LogP contribution is -2.43. The van der Waals surface area contributed by atoms with Crippen molar-refractivity contribution in [3.8, 4) is 0 Å². The Morgan fingerprint density at radius 3 is 1.93 bits per heavy atom. The number of hydrogen-bond donors (Lipinski definition) is 1. The Labute approximate surface area is 92.2 Å². The van der Waals surface area contributed by atoms with Crippen molar-refractivity contribution in [2.75, 3.05) is 26.7 Å². The van der Waals surface area contributed by atoms with Crippen molar-refractivity contribution in [1.29, 1.82) is 0 Å². The van der Waals surface area contributed by atoms with Gasteiger partial charge in [-0.15, -0.1) is 0 Å². The van der Waals surface area contributed by atoms with E-state index in [4.69, 9.17) is 4.74 Å². The third kappa shape index (κ3) is 4.48. The largest absolute Gasteiger partial charge is 0.452 e. The molecular formula is C8H19N2O4S+. The quantitative estimate of drug-likeness (QED) is 0.247. The maximum absolute atomic E-state index is 10.4. The molecule has 0 aliphatic heterocycles. The topological polar surface area (TPSA) is 65.0 Å². The highest BCUT2D eigenvalue weighted by atomic mass is 32.2. The summed E-state index contributed by atoms with van der Waals surface area (Å²) in [5, 5.41) is 4.15. The minimum atomic E-state index is -2.98. The summed E-state index contributed by atoms with van der Waals surface area (Å²) in [6.45, 7) is 8.17. The second-order valence-corrected chi connectivity index (χ2v) is 3.56. The van der Waals surface area contributed by atoms with E-state index in [0.717, 1.165) is 19.6 Å². The fourth-order valence-corrected chi connectivity index (χ4v) is 1.45. The van der Waals surface area contributed by atoms with Crippen LogP contribution < -0.4 is 0 Å². The van der Waals surface area contributed by atoms with Crippen LogP contribution in [0.15, 0.2) is 5.10 Å². The number of thiol groups is 1. The summed E-state index contributed by atoms with van der Waals surface area (Å²) < 4.78 is 30.3. The molecule has 0 heterocycles. The van der Waals surface area contributed by atoms with E-state index in [1.807, 2.05) is 20.8 Å². The molecule has 0 saturated carbocycles. The number of methoxy groups -OCH3 is 1. The number of ether oxygens (including phenoxy) is 1. The van der Waals surface area contributed by atoms with Crippen LogP contribution in [0.5, 0.6) is 0 Å². The lowest BCUT2D eigenvalue weighted by Gasteiger charge is -2.27. The van der Waals surface area contributed by atoms with Crippen molar-refractivity contribution < 1.29 is 21.9 Å². The summed E-state index contributed by atoms with van der Waals surface area (Å²) in [5.41, 5.74) is 0. The molecule has 0 unspecified atom stereocenters. The maximum Gasteiger partial charge on any atom is 0.452 e. The molecule has 0 rings (SSSR count). The van der Waals surface area contributed by atoms with E-state index < -0.39 is 11.0 Å². The van der Waals surface area contributed by atoms with Crippen molar-refractivity contribution in [2.45, 2.75) is 20.8 Å². The van der Waals surface area contributed by atoms with E-state index in [1.165, 1.54) is 7.11 Å². The molecular weight excluding hydrogens is 220 g/mol. The molecule has 15 heavy (non-hydrogen) atoms. The molecule has 0 amide bonds. The van der Waals surface area contributed by atoms with Gasteiger partial charge in [-0.25, -0.2) is 0 Å². The molecule has 0 N–H and O–H groups in total. The Morgan fingerprint density at radius 2 is 1.67 bits per heavy atom. The zero-order chi connectivity index (χ0) is 11.9. The van der Waals surface area contributed by atoms with E-state index in [1.54, 1.807) is 0 Å². The fraction of sp³-hybridized carbons (Fsp3) is 0.875. The monoisotopic (exact) mass is 239 g/mol. The molecule has 0 aromatic rings. The number of quaternary nitrogens is 1. The first-order valence-electron chi connectivity index (χ1n) is 4.86. The first-order valence-corrected chi connectivity index (χ1v) is 5.95. The highest BCUT2D eigenvalue weighted by Crippen LogP contribution is 2.08. The van der Waals surface area contributed by atoms with Crippen LogP contribution in [0, 0.1) is 0 Å². The van der Waals surface area contributed by atoms with E-state index in [2.05, 4.69) is 9.28 Å². The average Bonchev–Trinajstić information content (AvgIpc) is 2.24. The molecule has 0 atom stereocenters. The predicted molar refractivity (Wildman–Crippen MR) is 57.7 cm³/mol. The average molecular weight is 239 g/mol. The highest BCUT2D eigenvalue weighted by molar-refractivity contribution is 7.67. The molecule has 0 aliphatic carbocycles. The summed E-state index contributed by atoms with van der Waals surface area (Å²) >= 11 is 0. The Balaban J connectivity index is 4.90. The van der Waals surface area contributed by atoms with Crippen molar-refractivity contribution in [2.24, 2.45) is 5.10 Å². The lowest BCUT2D eigenvalue weighted by molar-refractivity contribution is -0.930. The van der Waals surface area contributed by atoms with Crippen molar-refractivity contribution in [3.05, 3.63) is 0 Å². The molecule has 0 aromatic heterocycles. The van der Waals surface area contributed by atoms with Gasteiger partial charge in [0.15, 0.2) is 0 Å². The number of rotatable bonds is 5. The van der Waals surface area contributed by atoms with Gasteiger partial charge in [-0.2, -0.15) is 13.0 Å². The minimum absolute atomic E-state index is 0.211. The van der Waals surface area contributed by atoms with Gasteiger partial charge in [-0.05, 0) is 20.8 Å². The Kier molecular flexibility index (Phi) is 6.26. The molecule has 0 spiro atoms. The Bertz CT molecular complexity index is 268. The Hall–Kier alpha value is -0.820. The SMILES string of the molecule is CC[N+](CC)(CC)N=C(OC)O[SH](=O)=O. The molecule has 0 aromatic carbocycles. The standard InChI is InChI=1S/C8H19N2O4S/c1-5-10(6-2,7-3)9-8(13-4)14-15(11)12/h15H,5-7H2,1-4H3/q+1. The van der Waals surface area contributed by atoms with E-state index in [0.29, 0.717) is 4.59 Å². The van der Waals surface area contributed by atoms with Crippen LogP contribution in [-0.2, 0) is 19.9 Å². The second-order valence-electron chi connectivity index (χ2n) is 2.93. The zero-order valence-electron chi connectivity index (χ0n) is 9.60. The summed E-state index contributed by atoms with van der Waals surface area (Å²) in [7, 11) is -1.65. The third-order valence-corrected chi connectivity index (χ3v) is 2.69. The van der Waals surface area contributed by atoms with Crippen molar-refractivity contribution >= 4 is 17.1 Å².